The molecule has 0 amide bonds. The molecule has 2 atom stereocenters. The van der Waals surface area contributed by atoms with Crippen LogP contribution < -0.4 is 0 Å². The fourth-order valence-electron chi connectivity index (χ4n) is 3.47. The fourth-order valence-corrected chi connectivity index (χ4v) is 4.90. The number of piperidine rings is 1. The van der Waals surface area contributed by atoms with Gasteiger partial charge in [0.05, 0.1) is 6.10 Å². The van der Waals surface area contributed by atoms with Gasteiger partial charge < -0.3 is 10.2 Å². The van der Waals surface area contributed by atoms with Crippen molar-refractivity contribution < 1.29 is 23.4 Å². The molecule has 0 unspecified atom stereocenters. The number of rotatable bonds is 8. The lowest BCUT2D eigenvalue weighted by atomic mass is 9.73. The topological polar surface area (TPSA) is 98.2 Å². The summed E-state index contributed by atoms with van der Waals surface area (Å²) in [5.41, 5.74) is -0.617. The van der Waals surface area contributed by atoms with Crippen LogP contribution in [0.5, 0.6) is 0 Å². The molecule has 7 nitrogen and oxygen atoms in total. The van der Waals surface area contributed by atoms with Crippen LogP contribution in [0.15, 0.2) is 30.3 Å². The molecule has 0 saturated carbocycles. The maximum atomic E-state index is 13.0. The summed E-state index contributed by atoms with van der Waals surface area (Å²) in [5, 5.41) is 20.3. The number of carboxylic acids is 1. The van der Waals surface area contributed by atoms with Crippen LogP contribution >= 0.6 is 0 Å². The van der Waals surface area contributed by atoms with Gasteiger partial charge in [-0.15, -0.1) is 0 Å². The van der Waals surface area contributed by atoms with Gasteiger partial charge in [-0.2, -0.15) is 17.0 Å². The molecule has 1 fully saturated rings. The van der Waals surface area contributed by atoms with Gasteiger partial charge in [-0.3, -0.25) is 4.79 Å². The Morgan fingerprint density at radius 2 is 1.96 bits per heavy atom. The first-order valence-corrected chi connectivity index (χ1v) is 10.7. The predicted molar refractivity (Wildman–Crippen MR) is 103 cm³/mol. The largest absolute Gasteiger partial charge is 0.481 e. The van der Waals surface area contributed by atoms with Crippen molar-refractivity contribution in [3.63, 3.8) is 0 Å². The monoisotopic (exact) mass is 398 g/mol. The highest BCUT2D eigenvalue weighted by molar-refractivity contribution is 7.86. The van der Waals surface area contributed by atoms with E-state index in [1.807, 2.05) is 44.2 Å². The minimum absolute atomic E-state index is 0.110. The minimum atomic E-state index is -3.83. The Morgan fingerprint density at radius 3 is 2.52 bits per heavy atom. The molecular weight excluding hydrogens is 368 g/mol. The number of carboxylic acid groups (broad SMARTS) is 1. The number of aliphatic hydroxyl groups is 1. The molecule has 1 aliphatic heterocycles. The van der Waals surface area contributed by atoms with Gasteiger partial charge in [0.15, 0.2) is 0 Å². The van der Waals surface area contributed by atoms with Crippen molar-refractivity contribution in [3.8, 4) is 0 Å². The van der Waals surface area contributed by atoms with Gasteiger partial charge in [-0.25, -0.2) is 0 Å². The highest BCUT2D eigenvalue weighted by Crippen LogP contribution is 2.38. The van der Waals surface area contributed by atoms with E-state index in [1.54, 1.807) is 0 Å². The van der Waals surface area contributed by atoms with Crippen LogP contribution in [0.2, 0.25) is 0 Å². The van der Waals surface area contributed by atoms with E-state index in [1.165, 1.54) is 15.7 Å². The van der Waals surface area contributed by atoms with Crippen molar-refractivity contribution in [3.05, 3.63) is 35.9 Å². The maximum absolute atomic E-state index is 13.0. The number of nitrogens with zero attached hydrogens (tertiary/aromatic N) is 2. The van der Waals surface area contributed by atoms with Gasteiger partial charge >= 0.3 is 5.97 Å². The highest BCUT2D eigenvalue weighted by atomic mass is 32.2. The zero-order valence-electron chi connectivity index (χ0n) is 16.2. The lowest BCUT2D eigenvalue weighted by Crippen LogP contribution is -2.59. The molecule has 0 spiro atoms. The Balaban J connectivity index is 2.22. The van der Waals surface area contributed by atoms with E-state index in [9.17, 15) is 23.4 Å². The summed E-state index contributed by atoms with van der Waals surface area (Å²) in [6.45, 7) is 4.06. The summed E-state index contributed by atoms with van der Waals surface area (Å²) in [6.07, 6.45) is -0.0881. The zero-order chi connectivity index (χ0) is 20.2. The fraction of sp³-hybridized carbons (Fsp3) is 0.632. The SMILES string of the molecule is CC(C)CC[C@@]1(C(=O)O)CN(S(=O)(=O)N(C)Cc2ccccc2)CC[C@@H]1O. The molecule has 1 heterocycles. The van der Waals surface area contributed by atoms with E-state index in [-0.39, 0.29) is 38.4 Å². The Hall–Kier alpha value is -1.48. The number of aliphatic carboxylic acids is 1. The van der Waals surface area contributed by atoms with Crippen molar-refractivity contribution in [2.24, 2.45) is 11.3 Å². The van der Waals surface area contributed by atoms with Crippen LogP contribution in [0.1, 0.15) is 38.7 Å². The van der Waals surface area contributed by atoms with Gasteiger partial charge in [0.25, 0.3) is 10.2 Å². The third-order valence-electron chi connectivity index (χ3n) is 5.31. The average Bonchev–Trinajstić information content (AvgIpc) is 2.61. The van der Waals surface area contributed by atoms with Crippen molar-refractivity contribution in [1.29, 1.82) is 0 Å². The molecule has 1 aromatic carbocycles. The Morgan fingerprint density at radius 1 is 1.33 bits per heavy atom. The molecule has 0 bridgehead atoms. The van der Waals surface area contributed by atoms with Gasteiger partial charge in [0, 0.05) is 26.7 Å². The van der Waals surface area contributed by atoms with Crippen LogP contribution in [0.25, 0.3) is 0 Å². The molecule has 0 aromatic heterocycles. The molecule has 1 aromatic rings. The van der Waals surface area contributed by atoms with Crippen molar-refractivity contribution in [1.82, 2.24) is 8.61 Å². The molecular formula is C19H30N2O5S. The first kappa shape index (κ1) is 21.8. The summed E-state index contributed by atoms with van der Waals surface area (Å²) in [7, 11) is -2.34. The van der Waals surface area contributed by atoms with E-state index in [2.05, 4.69) is 0 Å². The molecule has 1 saturated heterocycles. The van der Waals surface area contributed by atoms with Crippen LogP contribution in [0, 0.1) is 11.3 Å². The second-order valence-corrected chi connectivity index (χ2v) is 9.82. The highest BCUT2D eigenvalue weighted by Gasteiger charge is 2.51. The van der Waals surface area contributed by atoms with E-state index in [4.69, 9.17) is 0 Å². The Labute approximate surface area is 161 Å². The van der Waals surface area contributed by atoms with Crippen molar-refractivity contribution >= 4 is 16.2 Å². The second-order valence-electron chi connectivity index (χ2n) is 7.78. The van der Waals surface area contributed by atoms with E-state index >= 15 is 0 Å². The van der Waals surface area contributed by atoms with Crippen LogP contribution in [0.3, 0.4) is 0 Å². The molecule has 2 N–H and O–H groups in total. The lowest BCUT2D eigenvalue weighted by molar-refractivity contribution is -0.162. The lowest BCUT2D eigenvalue weighted by Gasteiger charge is -2.43. The summed E-state index contributed by atoms with van der Waals surface area (Å²) >= 11 is 0. The molecule has 27 heavy (non-hydrogen) atoms. The molecule has 0 radical (unpaired) electrons. The van der Waals surface area contributed by atoms with Gasteiger partial charge in [0.1, 0.15) is 5.41 Å². The first-order chi connectivity index (χ1) is 12.6. The standard InChI is InChI=1S/C19H30N2O5S/c1-15(2)9-11-19(18(23)24)14-21(12-10-17(19)22)27(25,26)20(3)13-16-7-5-4-6-8-16/h4-8,15,17,22H,9-14H2,1-3H3,(H,23,24)/t17-,19+/m0/s1. The van der Waals surface area contributed by atoms with Crippen molar-refractivity contribution in [2.75, 3.05) is 20.1 Å². The normalized spacial score (nSPS) is 24.4. The molecule has 8 heteroatoms. The maximum Gasteiger partial charge on any atom is 0.313 e. The van der Waals surface area contributed by atoms with E-state index in [0.717, 1.165) is 5.56 Å². The van der Waals surface area contributed by atoms with E-state index in [0.29, 0.717) is 6.42 Å². The number of hydrogen-bond donors (Lipinski definition) is 2. The zero-order valence-corrected chi connectivity index (χ0v) is 17.0. The quantitative estimate of drug-likeness (QED) is 0.697. The Kier molecular flexibility index (Phi) is 7.02. The number of benzene rings is 1. The first-order valence-electron chi connectivity index (χ1n) is 9.26. The number of carbonyl (C=O) groups is 1. The molecule has 1 aliphatic rings. The summed E-state index contributed by atoms with van der Waals surface area (Å²) in [4.78, 5) is 12.0. The number of aliphatic hydroxyl groups excluding tert-OH is 1. The second kappa shape index (κ2) is 8.68. The molecule has 2 rings (SSSR count). The number of hydrogen-bond acceptors (Lipinski definition) is 4. The third kappa shape index (κ3) is 4.87. The Bertz CT molecular complexity index is 738. The van der Waals surface area contributed by atoms with E-state index < -0.39 is 27.7 Å². The van der Waals surface area contributed by atoms with Crippen LogP contribution in [-0.4, -0.2) is 59.5 Å². The summed E-state index contributed by atoms with van der Waals surface area (Å²) < 4.78 is 28.5. The van der Waals surface area contributed by atoms with Gasteiger partial charge in [0.2, 0.25) is 0 Å². The van der Waals surface area contributed by atoms with Gasteiger partial charge in [-0.1, -0.05) is 44.2 Å². The third-order valence-corrected chi connectivity index (χ3v) is 7.19. The van der Waals surface area contributed by atoms with Crippen molar-refractivity contribution in [2.45, 2.75) is 45.8 Å². The molecule has 0 aliphatic carbocycles. The predicted octanol–water partition coefficient (Wildman–Crippen LogP) is 1.94. The van der Waals surface area contributed by atoms with Crippen LogP contribution in [-0.2, 0) is 21.5 Å². The summed E-state index contributed by atoms with van der Waals surface area (Å²) in [5.74, 6) is -0.873. The smallest absolute Gasteiger partial charge is 0.313 e. The average molecular weight is 399 g/mol. The summed E-state index contributed by atoms with van der Waals surface area (Å²) in [6, 6.07) is 9.23. The van der Waals surface area contributed by atoms with Crippen LogP contribution in [0.4, 0.5) is 0 Å². The molecule has 152 valence electrons. The minimum Gasteiger partial charge on any atom is -0.481 e. The van der Waals surface area contributed by atoms with Gasteiger partial charge in [-0.05, 0) is 30.7 Å².